The van der Waals surface area contributed by atoms with Crippen LogP contribution in [-0.2, 0) is 28.1 Å². The van der Waals surface area contributed by atoms with Crippen molar-refractivity contribution in [2.75, 3.05) is 13.1 Å². The highest BCUT2D eigenvalue weighted by molar-refractivity contribution is 7.91. The second-order valence-corrected chi connectivity index (χ2v) is 10.0. The molecule has 3 aromatic rings. The summed E-state index contributed by atoms with van der Waals surface area (Å²) in [6.07, 6.45) is 0. The molecule has 0 saturated carbocycles. The molecule has 1 aromatic heterocycles. The predicted molar refractivity (Wildman–Crippen MR) is 122 cm³/mol. The van der Waals surface area contributed by atoms with Crippen molar-refractivity contribution in [3.8, 4) is 11.3 Å². The molecule has 32 heavy (non-hydrogen) atoms. The number of hydrogen-bond donors (Lipinski definition) is 1. The molecule has 0 fully saturated rings. The van der Waals surface area contributed by atoms with Crippen LogP contribution in [0.2, 0.25) is 0 Å². The summed E-state index contributed by atoms with van der Waals surface area (Å²) in [6.45, 7) is 8.57. The minimum Gasteiger partial charge on any atom is -0.605 e. The summed E-state index contributed by atoms with van der Waals surface area (Å²) in [5.74, 6) is 0.122. The Labute approximate surface area is 190 Å². The van der Waals surface area contributed by atoms with Gasteiger partial charge < -0.3 is 15.2 Å². The first-order valence-corrected chi connectivity index (χ1v) is 11.7. The van der Waals surface area contributed by atoms with Gasteiger partial charge in [0, 0.05) is 29.8 Å². The van der Waals surface area contributed by atoms with Gasteiger partial charge in [0.05, 0.1) is 12.1 Å². The fourth-order valence-corrected chi connectivity index (χ4v) is 5.92. The number of aromatic nitrogens is 2. The van der Waals surface area contributed by atoms with Crippen molar-refractivity contribution in [1.29, 1.82) is 0 Å². The van der Waals surface area contributed by atoms with E-state index in [2.05, 4.69) is 0 Å². The Balaban J connectivity index is 1.93. The second kappa shape index (κ2) is 8.35. The Morgan fingerprint density at radius 3 is 2.38 bits per heavy atom. The highest BCUT2D eigenvalue weighted by Crippen LogP contribution is 2.39. The lowest BCUT2D eigenvalue weighted by Gasteiger charge is -2.42. The van der Waals surface area contributed by atoms with Crippen LogP contribution in [0, 0.1) is 19.7 Å². The monoisotopic (exact) mass is 454 g/mol. The summed E-state index contributed by atoms with van der Waals surface area (Å²) in [5.41, 5.74) is 8.15. The number of halogens is 1. The molecule has 8 heteroatoms. The zero-order valence-electron chi connectivity index (χ0n) is 18.7. The normalized spacial score (nSPS) is 16.0. The molecule has 0 radical (unpaired) electrons. The third kappa shape index (κ3) is 3.83. The summed E-state index contributed by atoms with van der Waals surface area (Å²) >= 11 is -1.52. The van der Waals surface area contributed by atoms with Crippen molar-refractivity contribution in [2.24, 2.45) is 5.73 Å². The zero-order chi connectivity index (χ0) is 23.2. The van der Waals surface area contributed by atoms with E-state index in [1.807, 2.05) is 50.5 Å². The quantitative estimate of drug-likeness (QED) is 0.611. The molecule has 1 amide bonds. The van der Waals surface area contributed by atoms with Crippen LogP contribution in [0.5, 0.6) is 0 Å². The molecule has 1 aliphatic heterocycles. The first-order chi connectivity index (χ1) is 15.1. The molecule has 0 bridgehead atoms. The minimum atomic E-state index is -1.52. The fraction of sp³-hybridized carbons (Fsp3) is 0.333. The molecule has 0 saturated heterocycles. The minimum absolute atomic E-state index is 0.0870. The van der Waals surface area contributed by atoms with E-state index < -0.39 is 16.7 Å². The van der Waals surface area contributed by atoms with Crippen LogP contribution in [-0.4, -0.2) is 38.0 Å². The predicted octanol–water partition coefficient (Wildman–Crippen LogP) is 3.51. The lowest BCUT2D eigenvalue weighted by Crippen LogP contribution is -2.53. The number of imidazole rings is 1. The number of benzene rings is 2. The summed E-state index contributed by atoms with van der Waals surface area (Å²) in [6, 6.07) is 11.9. The first kappa shape index (κ1) is 22.5. The lowest BCUT2D eigenvalue weighted by molar-refractivity contribution is -0.137. The van der Waals surface area contributed by atoms with Gasteiger partial charge >= 0.3 is 0 Å². The summed E-state index contributed by atoms with van der Waals surface area (Å²) in [5, 5.41) is 0.560. The fourth-order valence-electron chi connectivity index (χ4n) is 4.39. The van der Waals surface area contributed by atoms with E-state index in [1.165, 1.54) is 12.1 Å². The topological polar surface area (TPSA) is 87.2 Å². The van der Waals surface area contributed by atoms with Gasteiger partial charge in [-0.1, -0.05) is 6.07 Å². The smallest absolute Gasteiger partial charge is 0.259 e. The molecule has 2 aromatic carbocycles. The zero-order valence-corrected chi connectivity index (χ0v) is 19.5. The largest absolute Gasteiger partial charge is 0.605 e. The SMILES string of the molecule is Cc1cc(C)cc([S+]([O-])c2c(-c3ccc(F)cc3)nc3n2CCN(C(=O)CN)C3(C)C)c1. The van der Waals surface area contributed by atoms with Crippen molar-refractivity contribution in [3.63, 3.8) is 0 Å². The summed E-state index contributed by atoms with van der Waals surface area (Å²) < 4.78 is 29.5. The van der Waals surface area contributed by atoms with E-state index in [0.29, 0.717) is 40.1 Å². The van der Waals surface area contributed by atoms with Crippen LogP contribution in [0.25, 0.3) is 11.3 Å². The molecule has 0 aliphatic carbocycles. The molecule has 2 heterocycles. The van der Waals surface area contributed by atoms with Crippen LogP contribution in [0.4, 0.5) is 4.39 Å². The van der Waals surface area contributed by atoms with Crippen molar-refractivity contribution >= 4 is 17.1 Å². The summed E-state index contributed by atoms with van der Waals surface area (Å²) in [7, 11) is 0. The molecule has 1 atom stereocenters. The Morgan fingerprint density at radius 1 is 1.16 bits per heavy atom. The van der Waals surface area contributed by atoms with Gasteiger partial charge in [0.15, 0.2) is 4.90 Å². The number of rotatable bonds is 4. The molecular formula is C24H27FN4O2S. The van der Waals surface area contributed by atoms with E-state index in [-0.39, 0.29) is 18.3 Å². The van der Waals surface area contributed by atoms with Crippen molar-refractivity contribution in [2.45, 2.75) is 49.7 Å². The average Bonchev–Trinajstić information content (AvgIpc) is 3.13. The van der Waals surface area contributed by atoms with Crippen molar-refractivity contribution in [1.82, 2.24) is 14.5 Å². The standard InChI is InChI=1S/C24H27FN4O2S/c1-15-11-16(2)13-19(12-15)32(31)22-21(17-5-7-18(25)8-6-17)27-23-24(3,4)29(20(30)14-26)10-9-28(22)23/h5-8,11-13H,9-10,14,26H2,1-4H3. The van der Waals surface area contributed by atoms with Gasteiger partial charge in [-0.2, -0.15) is 0 Å². The van der Waals surface area contributed by atoms with Gasteiger partial charge in [-0.05, 0) is 75.2 Å². The lowest BCUT2D eigenvalue weighted by atomic mass is 9.99. The maximum Gasteiger partial charge on any atom is 0.259 e. The molecule has 1 unspecified atom stereocenters. The van der Waals surface area contributed by atoms with Crippen LogP contribution >= 0.6 is 0 Å². The highest BCUT2D eigenvalue weighted by atomic mass is 32.2. The Kier molecular flexibility index (Phi) is 5.87. The molecule has 6 nitrogen and oxygen atoms in total. The van der Waals surface area contributed by atoms with Crippen LogP contribution < -0.4 is 5.73 Å². The molecule has 2 N–H and O–H groups in total. The highest BCUT2D eigenvalue weighted by Gasteiger charge is 2.43. The Bertz CT molecular complexity index is 1150. The van der Waals surface area contributed by atoms with Gasteiger partial charge in [0.1, 0.15) is 17.3 Å². The number of hydrogen-bond acceptors (Lipinski definition) is 4. The maximum atomic E-state index is 13.9. The van der Waals surface area contributed by atoms with Gasteiger partial charge in [-0.25, -0.2) is 9.37 Å². The van der Waals surface area contributed by atoms with Gasteiger partial charge in [-0.3, -0.25) is 9.36 Å². The third-order valence-corrected chi connectivity index (χ3v) is 7.30. The molecular weight excluding hydrogens is 427 g/mol. The summed E-state index contributed by atoms with van der Waals surface area (Å²) in [4.78, 5) is 19.8. The molecule has 0 spiro atoms. The number of carbonyl (C=O) groups excluding carboxylic acids is 1. The number of nitrogens with zero attached hydrogens (tertiary/aromatic N) is 3. The first-order valence-electron chi connectivity index (χ1n) is 10.5. The van der Waals surface area contributed by atoms with Crippen molar-refractivity contribution < 1.29 is 13.7 Å². The van der Waals surface area contributed by atoms with E-state index >= 15 is 0 Å². The van der Waals surface area contributed by atoms with E-state index in [0.717, 1.165) is 11.1 Å². The van der Waals surface area contributed by atoms with Crippen LogP contribution in [0.15, 0.2) is 52.4 Å². The molecule has 1 aliphatic rings. The second-order valence-electron chi connectivity index (χ2n) is 8.65. The van der Waals surface area contributed by atoms with Crippen LogP contribution in [0.3, 0.4) is 0 Å². The maximum absolute atomic E-state index is 13.9. The van der Waals surface area contributed by atoms with Gasteiger partial charge in [0.25, 0.3) is 5.03 Å². The Morgan fingerprint density at radius 2 is 1.78 bits per heavy atom. The van der Waals surface area contributed by atoms with E-state index in [1.54, 1.807) is 17.0 Å². The van der Waals surface area contributed by atoms with Crippen LogP contribution in [0.1, 0.15) is 30.8 Å². The number of fused-ring (bicyclic) bond motifs is 1. The van der Waals surface area contributed by atoms with Gasteiger partial charge in [-0.15, -0.1) is 0 Å². The number of aryl methyl sites for hydroxylation is 2. The van der Waals surface area contributed by atoms with E-state index in [4.69, 9.17) is 10.7 Å². The molecule has 168 valence electrons. The molecule has 4 rings (SSSR count). The number of carbonyl (C=O) groups is 1. The number of nitrogens with two attached hydrogens (primary N) is 1. The number of amides is 1. The van der Waals surface area contributed by atoms with Gasteiger partial charge in [0.2, 0.25) is 5.91 Å². The third-order valence-electron chi connectivity index (χ3n) is 5.87. The van der Waals surface area contributed by atoms with E-state index in [9.17, 15) is 13.7 Å². The van der Waals surface area contributed by atoms with Crippen molar-refractivity contribution in [3.05, 3.63) is 65.2 Å². The Hall–Kier alpha value is -2.68. The average molecular weight is 455 g/mol.